The number of benzene rings is 3. The molecule has 0 spiro atoms. The Labute approximate surface area is 195 Å². The van der Waals surface area contributed by atoms with Gasteiger partial charge in [0, 0.05) is 6.42 Å². The molecule has 0 saturated heterocycles. The van der Waals surface area contributed by atoms with E-state index >= 15 is 0 Å². The number of fused-ring (bicyclic) bond motifs is 2. The van der Waals surface area contributed by atoms with E-state index in [0.717, 1.165) is 16.6 Å². The minimum atomic E-state index is -0.813. The minimum absolute atomic E-state index is 0.0538. The number of hydrogen-bond donors (Lipinski definition) is 4. The van der Waals surface area contributed by atoms with Gasteiger partial charge in [-0.1, -0.05) is 54.6 Å². The van der Waals surface area contributed by atoms with Gasteiger partial charge in [0.25, 0.3) is 5.91 Å². The van der Waals surface area contributed by atoms with Crippen LogP contribution in [0.25, 0.3) is 11.0 Å². The monoisotopic (exact) mass is 453 g/mol. The third kappa shape index (κ3) is 4.38. The molecule has 4 N–H and O–H groups in total. The molecule has 2 atom stereocenters. The van der Waals surface area contributed by atoms with Gasteiger partial charge in [-0.3, -0.25) is 14.4 Å². The van der Waals surface area contributed by atoms with E-state index < -0.39 is 12.1 Å². The summed E-state index contributed by atoms with van der Waals surface area (Å²) < 4.78 is 0. The summed E-state index contributed by atoms with van der Waals surface area (Å²) in [5.41, 5.74) is 3.43. The lowest BCUT2D eigenvalue weighted by atomic mass is 10.1. The van der Waals surface area contributed by atoms with Crippen molar-refractivity contribution in [1.29, 1.82) is 0 Å². The van der Waals surface area contributed by atoms with Gasteiger partial charge < -0.3 is 20.9 Å². The highest BCUT2D eigenvalue weighted by Gasteiger charge is 2.28. The zero-order valence-electron chi connectivity index (χ0n) is 18.2. The van der Waals surface area contributed by atoms with Crippen molar-refractivity contribution >= 4 is 34.4 Å². The molecule has 5 rings (SSSR count). The van der Waals surface area contributed by atoms with Crippen molar-refractivity contribution in [2.75, 3.05) is 5.32 Å². The lowest BCUT2D eigenvalue weighted by Crippen LogP contribution is -2.42. The van der Waals surface area contributed by atoms with E-state index in [2.05, 4.69) is 25.9 Å². The Hall–Kier alpha value is -4.46. The zero-order chi connectivity index (χ0) is 23.5. The van der Waals surface area contributed by atoms with Crippen LogP contribution in [-0.2, 0) is 9.59 Å². The second kappa shape index (κ2) is 9.19. The van der Waals surface area contributed by atoms with Crippen molar-refractivity contribution in [1.82, 2.24) is 20.6 Å². The molecule has 170 valence electrons. The topological polar surface area (TPSA) is 116 Å². The molecule has 8 heteroatoms. The number of rotatable bonds is 6. The van der Waals surface area contributed by atoms with Gasteiger partial charge >= 0.3 is 0 Å². The minimum Gasteiger partial charge on any atom is -0.342 e. The molecule has 8 nitrogen and oxygen atoms in total. The molecular weight excluding hydrogens is 430 g/mol. The highest BCUT2D eigenvalue weighted by atomic mass is 16.2. The van der Waals surface area contributed by atoms with E-state index in [-0.39, 0.29) is 30.6 Å². The first kappa shape index (κ1) is 21.4. The number of amides is 3. The van der Waals surface area contributed by atoms with Crippen LogP contribution in [0.15, 0.2) is 78.9 Å². The van der Waals surface area contributed by atoms with E-state index in [0.29, 0.717) is 17.1 Å². The van der Waals surface area contributed by atoms with Crippen LogP contribution < -0.4 is 16.0 Å². The molecule has 3 amide bonds. The number of hydrogen-bond acceptors (Lipinski definition) is 4. The molecule has 0 saturated carbocycles. The summed E-state index contributed by atoms with van der Waals surface area (Å²) in [4.78, 5) is 46.1. The molecular formula is C26H23N5O3. The SMILES string of the molecule is O=C(CC[C@@H]1NC(=O)c2ccccc2NC1=O)N[C@H](c1ccccc1)c1nc2ccccc2[nH]1. The second-order valence-electron chi connectivity index (χ2n) is 8.15. The Balaban J connectivity index is 1.30. The average Bonchev–Trinajstić information content (AvgIpc) is 3.24. The summed E-state index contributed by atoms with van der Waals surface area (Å²) in [6, 6.07) is 22.8. The zero-order valence-corrected chi connectivity index (χ0v) is 18.2. The molecule has 1 aliphatic heterocycles. The molecule has 3 aromatic carbocycles. The Kier molecular flexibility index (Phi) is 5.78. The van der Waals surface area contributed by atoms with Crippen molar-refractivity contribution in [2.24, 2.45) is 0 Å². The van der Waals surface area contributed by atoms with Gasteiger partial charge in [0.2, 0.25) is 11.8 Å². The number of aromatic nitrogens is 2. The van der Waals surface area contributed by atoms with E-state index in [1.807, 2.05) is 54.6 Å². The number of anilines is 1. The highest BCUT2D eigenvalue weighted by molar-refractivity contribution is 6.09. The maximum absolute atomic E-state index is 13.0. The van der Waals surface area contributed by atoms with Crippen LogP contribution in [0.5, 0.6) is 0 Å². The normalized spacial score (nSPS) is 16.2. The largest absolute Gasteiger partial charge is 0.342 e. The van der Waals surface area contributed by atoms with Crippen molar-refractivity contribution in [2.45, 2.75) is 24.9 Å². The predicted molar refractivity (Wildman–Crippen MR) is 128 cm³/mol. The fourth-order valence-electron chi connectivity index (χ4n) is 4.09. The molecule has 1 aliphatic rings. The van der Waals surface area contributed by atoms with Gasteiger partial charge in [-0.25, -0.2) is 4.98 Å². The van der Waals surface area contributed by atoms with Crippen LogP contribution in [0.1, 0.15) is 40.6 Å². The number of para-hydroxylation sites is 3. The summed E-state index contributed by atoms with van der Waals surface area (Å²) in [5.74, 6) is -0.318. The lowest BCUT2D eigenvalue weighted by molar-refractivity contribution is -0.122. The van der Waals surface area contributed by atoms with Gasteiger partial charge in [-0.2, -0.15) is 0 Å². The number of nitrogens with one attached hydrogen (secondary N) is 4. The van der Waals surface area contributed by atoms with Gasteiger partial charge in [0.15, 0.2) is 0 Å². The smallest absolute Gasteiger partial charge is 0.254 e. The third-order valence-electron chi connectivity index (χ3n) is 5.83. The van der Waals surface area contributed by atoms with Crippen LogP contribution in [0.3, 0.4) is 0 Å². The van der Waals surface area contributed by atoms with Crippen molar-refractivity contribution in [3.63, 3.8) is 0 Å². The van der Waals surface area contributed by atoms with E-state index in [1.165, 1.54) is 0 Å². The van der Waals surface area contributed by atoms with Gasteiger partial charge in [-0.05, 0) is 36.2 Å². The summed E-state index contributed by atoms with van der Waals surface area (Å²) in [5, 5.41) is 8.52. The van der Waals surface area contributed by atoms with Crippen LogP contribution >= 0.6 is 0 Å². The molecule has 0 fully saturated rings. The number of H-pyrrole nitrogens is 1. The van der Waals surface area contributed by atoms with E-state index in [9.17, 15) is 14.4 Å². The number of carbonyl (C=O) groups is 3. The summed E-state index contributed by atoms with van der Waals surface area (Å²) in [7, 11) is 0. The molecule has 4 aromatic rings. The molecule has 0 bridgehead atoms. The standard InChI is InChI=1S/C26H23N5O3/c32-22(15-14-21-26(34)29-18-11-5-4-10-17(18)25(33)30-21)31-23(16-8-2-1-3-9-16)24-27-19-12-6-7-13-20(19)28-24/h1-13,21,23H,14-15H2,(H,27,28)(H,29,34)(H,30,33)(H,31,32)/t21-,23+/m0/s1. The quantitative estimate of drug-likeness (QED) is 0.358. The molecule has 34 heavy (non-hydrogen) atoms. The Morgan fingerprint density at radius 1 is 0.941 bits per heavy atom. The van der Waals surface area contributed by atoms with Crippen molar-refractivity contribution in [3.05, 3.63) is 95.8 Å². The summed E-state index contributed by atoms with van der Waals surface area (Å²) in [6.07, 6.45) is 0.220. The molecule has 0 unspecified atom stereocenters. The third-order valence-corrected chi connectivity index (χ3v) is 5.83. The number of nitrogens with zero attached hydrogens (tertiary/aromatic N) is 1. The molecule has 2 heterocycles. The maximum atomic E-state index is 13.0. The summed E-state index contributed by atoms with van der Waals surface area (Å²) >= 11 is 0. The van der Waals surface area contributed by atoms with E-state index in [4.69, 9.17) is 0 Å². The lowest BCUT2D eigenvalue weighted by Gasteiger charge is -2.19. The molecule has 0 radical (unpaired) electrons. The van der Waals surface area contributed by atoms with Crippen LogP contribution in [-0.4, -0.2) is 33.7 Å². The van der Waals surface area contributed by atoms with Crippen LogP contribution in [0, 0.1) is 0 Å². The van der Waals surface area contributed by atoms with Crippen molar-refractivity contribution in [3.8, 4) is 0 Å². The second-order valence-corrected chi connectivity index (χ2v) is 8.15. The fourth-order valence-corrected chi connectivity index (χ4v) is 4.09. The van der Waals surface area contributed by atoms with Gasteiger partial charge in [0.1, 0.15) is 17.9 Å². The van der Waals surface area contributed by atoms with Gasteiger partial charge in [-0.15, -0.1) is 0 Å². The first-order chi connectivity index (χ1) is 16.6. The number of carbonyl (C=O) groups excluding carboxylic acids is 3. The molecule has 0 aliphatic carbocycles. The van der Waals surface area contributed by atoms with Crippen molar-refractivity contribution < 1.29 is 14.4 Å². The Morgan fingerprint density at radius 2 is 1.68 bits per heavy atom. The van der Waals surface area contributed by atoms with Crippen LogP contribution in [0.4, 0.5) is 5.69 Å². The highest BCUT2D eigenvalue weighted by Crippen LogP contribution is 2.23. The Bertz CT molecular complexity index is 1330. The van der Waals surface area contributed by atoms with Gasteiger partial charge in [0.05, 0.1) is 22.3 Å². The first-order valence-corrected chi connectivity index (χ1v) is 11.1. The maximum Gasteiger partial charge on any atom is 0.254 e. The number of imidazole rings is 1. The summed E-state index contributed by atoms with van der Waals surface area (Å²) in [6.45, 7) is 0. The first-order valence-electron chi connectivity index (χ1n) is 11.1. The number of aromatic amines is 1. The Morgan fingerprint density at radius 3 is 2.50 bits per heavy atom. The molecule has 1 aromatic heterocycles. The average molecular weight is 454 g/mol. The van der Waals surface area contributed by atoms with E-state index in [1.54, 1.807) is 24.3 Å². The fraction of sp³-hybridized carbons (Fsp3) is 0.154. The van der Waals surface area contributed by atoms with Crippen LogP contribution in [0.2, 0.25) is 0 Å². The predicted octanol–water partition coefficient (Wildman–Crippen LogP) is 3.30.